The number of carbonyl (C=O) groups excluding carboxylic acids is 1. The van der Waals surface area contributed by atoms with Gasteiger partial charge >= 0.3 is 0 Å². The third-order valence-electron chi connectivity index (χ3n) is 5.09. The first-order valence-corrected chi connectivity index (χ1v) is 10.9. The van der Waals surface area contributed by atoms with Crippen molar-refractivity contribution in [1.82, 2.24) is 14.8 Å². The van der Waals surface area contributed by atoms with Gasteiger partial charge in [0, 0.05) is 17.7 Å². The van der Waals surface area contributed by atoms with E-state index < -0.39 is 0 Å². The van der Waals surface area contributed by atoms with Crippen LogP contribution < -0.4 is 10.1 Å². The molecule has 0 fully saturated rings. The molecule has 158 valence electrons. The maximum absolute atomic E-state index is 12.9. The van der Waals surface area contributed by atoms with Gasteiger partial charge in [0.2, 0.25) is 5.13 Å². The van der Waals surface area contributed by atoms with E-state index in [2.05, 4.69) is 15.4 Å². The minimum atomic E-state index is -0.200. The number of anilines is 1. The summed E-state index contributed by atoms with van der Waals surface area (Å²) in [5.41, 5.74) is 4.36. The summed E-state index contributed by atoms with van der Waals surface area (Å²) >= 11 is 1.50. The Bertz CT molecular complexity index is 1410. The fourth-order valence-electron chi connectivity index (χ4n) is 3.48. The fraction of sp³-hybridized carbons (Fsp3) is 0.0800. The van der Waals surface area contributed by atoms with Gasteiger partial charge < -0.3 is 10.1 Å². The van der Waals surface area contributed by atoms with Crippen LogP contribution in [0.3, 0.4) is 0 Å². The minimum Gasteiger partial charge on any atom is -0.497 e. The third kappa shape index (κ3) is 3.86. The molecular weight excluding hydrogens is 420 g/mol. The molecule has 1 N–H and O–H groups in total. The van der Waals surface area contributed by atoms with Crippen LogP contribution in [0.5, 0.6) is 5.75 Å². The second kappa shape index (κ2) is 8.28. The number of nitrogens with one attached hydrogen (secondary N) is 1. The number of fused-ring (bicyclic) bond motifs is 1. The number of carbonyl (C=O) groups is 1. The van der Waals surface area contributed by atoms with E-state index in [0.29, 0.717) is 16.5 Å². The number of rotatable bonds is 5. The van der Waals surface area contributed by atoms with E-state index >= 15 is 0 Å². The highest BCUT2D eigenvalue weighted by Crippen LogP contribution is 2.30. The Hall–Kier alpha value is -3.97. The van der Waals surface area contributed by atoms with Gasteiger partial charge in [0.1, 0.15) is 11.6 Å². The Morgan fingerprint density at radius 2 is 1.72 bits per heavy atom. The molecule has 0 radical (unpaired) electrons. The smallest absolute Gasteiger partial charge is 0.256 e. The zero-order valence-electron chi connectivity index (χ0n) is 17.6. The fourth-order valence-corrected chi connectivity index (χ4v) is 4.39. The van der Waals surface area contributed by atoms with Crippen molar-refractivity contribution in [2.24, 2.45) is 0 Å². The minimum absolute atomic E-state index is 0.200. The van der Waals surface area contributed by atoms with Crippen molar-refractivity contribution in [3.8, 4) is 22.0 Å². The van der Waals surface area contributed by atoms with Gasteiger partial charge in [-0.3, -0.25) is 4.79 Å². The average Bonchev–Trinajstić information content (AvgIpc) is 3.41. The predicted molar refractivity (Wildman–Crippen MR) is 128 cm³/mol. The maximum atomic E-state index is 12.9. The van der Waals surface area contributed by atoms with Crippen LogP contribution in [0.2, 0.25) is 0 Å². The third-order valence-corrected chi connectivity index (χ3v) is 6.10. The molecule has 32 heavy (non-hydrogen) atoms. The summed E-state index contributed by atoms with van der Waals surface area (Å²) in [5, 5.41) is 8.19. The number of thiazole rings is 1. The molecule has 2 aromatic heterocycles. The van der Waals surface area contributed by atoms with Gasteiger partial charge in [-0.1, -0.05) is 53.8 Å². The maximum Gasteiger partial charge on any atom is 0.256 e. The van der Waals surface area contributed by atoms with Gasteiger partial charge in [0.05, 0.1) is 23.0 Å². The van der Waals surface area contributed by atoms with Crippen molar-refractivity contribution < 1.29 is 9.53 Å². The molecule has 0 aliphatic heterocycles. The van der Waals surface area contributed by atoms with Crippen LogP contribution in [0.15, 0.2) is 78.9 Å². The number of ether oxygens (including phenoxy) is 1. The number of amides is 1. The van der Waals surface area contributed by atoms with Crippen LogP contribution in [-0.4, -0.2) is 27.8 Å². The van der Waals surface area contributed by atoms with Gasteiger partial charge in [-0.15, -0.1) is 0 Å². The van der Waals surface area contributed by atoms with Crippen molar-refractivity contribution in [2.75, 3.05) is 12.4 Å². The zero-order valence-corrected chi connectivity index (χ0v) is 18.4. The van der Waals surface area contributed by atoms with Gasteiger partial charge in [0.25, 0.3) is 5.91 Å². The lowest BCUT2D eigenvalue weighted by Gasteiger charge is -2.07. The Morgan fingerprint density at radius 1 is 0.969 bits per heavy atom. The SMILES string of the molecule is COc1ccc2sc(-n3nc(C)cc3NC(=O)c3ccc(-c4ccccc4)cc3)nc2c1. The number of aryl methyl sites for hydroxylation is 1. The quantitative estimate of drug-likeness (QED) is 0.380. The Kier molecular flexibility index (Phi) is 5.17. The highest BCUT2D eigenvalue weighted by molar-refractivity contribution is 7.20. The summed E-state index contributed by atoms with van der Waals surface area (Å²) in [4.78, 5) is 17.6. The number of methoxy groups -OCH3 is 1. The Balaban J connectivity index is 1.41. The molecule has 1 amide bonds. The van der Waals surface area contributed by atoms with E-state index in [-0.39, 0.29) is 5.91 Å². The van der Waals surface area contributed by atoms with Gasteiger partial charge in [0.15, 0.2) is 0 Å². The summed E-state index contributed by atoms with van der Waals surface area (Å²) in [6, 6.07) is 25.2. The number of benzene rings is 3. The first-order chi connectivity index (χ1) is 15.6. The number of hydrogen-bond acceptors (Lipinski definition) is 5. The Labute approximate surface area is 189 Å². The monoisotopic (exact) mass is 440 g/mol. The van der Waals surface area contributed by atoms with Gasteiger partial charge in [-0.2, -0.15) is 9.78 Å². The largest absolute Gasteiger partial charge is 0.497 e. The number of aromatic nitrogens is 3. The first kappa shape index (κ1) is 20.0. The van der Waals surface area contributed by atoms with Crippen LogP contribution >= 0.6 is 11.3 Å². The van der Waals surface area contributed by atoms with Crippen LogP contribution in [0.1, 0.15) is 16.1 Å². The first-order valence-electron chi connectivity index (χ1n) is 10.1. The molecule has 0 aliphatic rings. The summed E-state index contributed by atoms with van der Waals surface area (Å²) in [5.74, 6) is 1.12. The second-order valence-electron chi connectivity index (χ2n) is 7.31. The Morgan fingerprint density at radius 3 is 2.47 bits per heavy atom. The topological polar surface area (TPSA) is 69.0 Å². The van der Waals surface area contributed by atoms with E-state index in [4.69, 9.17) is 4.74 Å². The molecule has 7 heteroatoms. The lowest BCUT2D eigenvalue weighted by Crippen LogP contribution is -2.15. The zero-order chi connectivity index (χ0) is 22.1. The molecule has 0 saturated heterocycles. The molecule has 0 unspecified atom stereocenters. The molecule has 6 nitrogen and oxygen atoms in total. The predicted octanol–water partition coefficient (Wildman–Crippen LogP) is 5.72. The molecule has 0 bridgehead atoms. The molecule has 2 heterocycles. The highest BCUT2D eigenvalue weighted by Gasteiger charge is 2.16. The number of hydrogen-bond donors (Lipinski definition) is 1. The summed E-state index contributed by atoms with van der Waals surface area (Å²) in [6.07, 6.45) is 0. The van der Waals surface area contributed by atoms with E-state index in [1.165, 1.54) is 11.3 Å². The van der Waals surface area contributed by atoms with Crippen LogP contribution in [0, 0.1) is 6.92 Å². The van der Waals surface area contributed by atoms with E-state index in [1.807, 2.05) is 85.8 Å². The van der Waals surface area contributed by atoms with E-state index in [9.17, 15) is 4.79 Å². The lowest BCUT2D eigenvalue weighted by molar-refractivity contribution is 0.102. The van der Waals surface area contributed by atoms with Crippen LogP contribution in [0.25, 0.3) is 26.5 Å². The summed E-state index contributed by atoms with van der Waals surface area (Å²) in [6.45, 7) is 1.89. The normalized spacial score (nSPS) is 10.9. The van der Waals surface area contributed by atoms with Crippen LogP contribution in [0.4, 0.5) is 5.82 Å². The number of nitrogens with zero attached hydrogens (tertiary/aromatic N) is 3. The molecule has 0 spiro atoms. The molecular formula is C25H20N4O2S. The van der Waals surface area contributed by atoms with Crippen molar-refractivity contribution >= 4 is 33.3 Å². The summed E-state index contributed by atoms with van der Waals surface area (Å²) in [7, 11) is 1.63. The standard InChI is InChI=1S/C25H20N4O2S/c1-16-14-23(29(28-16)25-26-21-15-20(31-2)12-13-22(21)32-25)27-24(30)19-10-8-18(9-11-19)17-6-4-3-5-7-17/h3-15H,1-2H3,(H,27,30). The molecule has 0 saturated carbocycles. The molecule has 0 atom stereocenters. The van der Waals surface area contributed by atoms with Gasteiger partial charge in [-0.05, 0) is 42.3 Å². The van der Waals surface area contributed by atoms with E-state index in [1.54, 1.807) is 11.8 Å². The molecule has 5 aromatic rings. The van der Waals surface area contributed by atoms with Crippen LogP contribution in [-0.2, 0) is 0 Å². The van der Waals surface area contributed by atoms with Gasteiger partial charge in [-0.25, -0.2) is 4.98 Å². The van der Waals surface area contributed by atoms with Crippen molar-refractivity contribution in [2.45, 2.75) is 6.92 Å². The molecule has 0 aliphatic carbocycles. The van der Waals surface area contributed by atoms with Crippen molar-refractivity contribution in [3.05, 3.63) is 90.1 Å². The molecule has 3 aromatic carbocycles. The lowest BCUT2D eigenvalue weighted by atomic mass is 10.0. The average molecular weight is 441 g/mol. The molecule has 5 rings (SSSR count). The van der Waals surface area contributed by atoms with E-state index in [0.717, 1.165) is 32.8 Å². The van der Waals surface area contributed by atoms with Crippen molar-refractivity contribution in [3.63, 3.8) is 0 Å². The summed E-state index contributed by atoms with van der Waals surface area (Å²) < 4.78 is 7.97. The van der Waals surface area contributed by atoms with Crippen molar-refractivity contribution in [1.29, 1.82) is 0 Å². The highest BCUT2D eigenvalue weighted by atomic mass is 32.1. The second-order valence-corrected chi connectivity index (χ2v) is 8.32.